The van der Waals surface area contributed by atoms with E-state index in [4.69, 9.17) is 10.5 Å². The molecule has 172 valence electrons. The number of para-hydroxylation sites is 1. The monoisotopic (exact) mass is 439 g/mol. The third-order valence-corrected chi connectivity index (χ3v) is 4.66. The molecule has 0 saturated carbocycles. The number of aromatic nitrogens is 1. The summed E-state index contributed by atoms with van der Waals surface area (Å²) in [5.41, 5.74) is 7.79. The van der Waals surface area contributed by atoms with Crippen LogP contribution in [0, 0.1) is 0 Å². The molecule has 0 atom stereocenters. The SMILES string of the molecule is C=C(CNC)N(C)c1ccc(N=Nc2ccccc2OC(=O)N(CCC)CCC)c(N)n1. The van der Waals surface area contributed by atoms with E-state index in [0.717, 1.165) is 18.5 Å². The minimum absolute atomic E-state index is 0.238. The minimum Gasteiger partial charge on any atom is -0.408 e. The highest BCUT2D eigenvalue weighted by Crippen LogP contribution is 2.31. The number of nitrogen functional groups attached to an aromatic ring is 1. The Labute approximate surface area is 190 Å². The highest BCUT2D eigenvalue weighted by atomic mass is 16.6. The van der Waals surface area contributed by atoms with Crippen molar-refractivity contribution in [1.29, 1.82) is 0 Å². The van der Waals surface area contributed by atoms with Crippen LogP contribution in [0.1, 0.15) is 26.7 Å². The van der Waals surface area contributed by atoms with Crippen molar-refractivity contribution in [2.75, 3.05) is 44.4 Å². The van der Waals surface area contributed by atoms with Crippen molar-refractivity contribution < 1.29 is 9.53 Å². The van der Waals surface area contributed by atoms with Crippen molar-refractivity contribution in [2.45, 2.75) is 26.7 Å². The first kappa shape index (κ1) is 24.8. The number of pyridine rings is 1. The van der Waals surface area contributed by atoms with E-state index in [1.807, 2.05) is 32.8 Å². The first-order chi connectivity index (χ1) is 15.4. The van der Waals surface area contributed by atoms with E-state index in [0.29, 0.717) is 42.6 Å². The van der Waals surface area contributed by atoms with Gasteiger partial charge in [0.25, 0.3) is 0 Å². The molecular formula is C23H33N7O2. The predicted octanol–water partition coefficient (Wildman–Crippen LogP) is 4.87. The van der Waals surface area contributed by atoms with Gasteiger partial charge in [-0.2, -0.15) is 0 Å². The van der Waals surface area contributed by atoms with Gasteiger partial charge < -0.3 is 25.6 Å². The number of benzene rings is 1. The van der Waals surface area contributed by atoms with Gasteiger partial charge >= 0.3 is 6.09 Å². The van der Waals surface area contributed by atoms with Gasteiger partial charge in [0.15, 0.2) is 11.6 Å². The van der Waals surface area contributed by atoms with E-state index in [1.54, 1.807) is 41.3 Å². The maximum atomic E-state index is 12.6. The third kappa shape index (κ3) is 6.78. The Morgan fingerprint density at radius 2 is 1.78 bits per heavy atom. The molecule has 0 bridgehead atoms. The molecule has 0 fully saturated rings. The largest absolute Gasteiger partial charge is 0.415 e. The third-order valence-electron chi connectivity index (χ3n) is 4.66. The number of hydrogen-bond donors (Lipinski definition) is 2. The van der Waals surface area contributed by atoms with Crippen LogP contribution >= 0.6 is 0 Å². The number of azo groups is 1. The molecule has 9 heteroatoms. The van der Waals surface area contributed by atoms with Crippen molar-refractivity contribution in [1.82, 2.24) is 15.2 Å². The Kier molecular flexibility index (Phi) is 9.62. The van der Waals surface area contributed by atoms with Gasteiger partial charge in [0.1, 0.15) is 17.2 Å². The topological polar surface area (TPSA) is 108 Å². The molecular weight excluding hydrogens is 406 g/mol. The molecule has 0 spiro atoms. The number of anilines is 2. The normalized spacial score (nSPS) is 10.9. The molecule has 0 unspecified atom stereocenters. The van der Waals surface area contributed by atoms with Gasteiger partial charge in [0.2, 0.25) is 0 Å². The number of ether oxygens (including phenoxy) is 1. The lowest BCUT2D eigenvalue weighted by molar-refractivity contribution is 0.152. The zero-order chi connectivity index (χ0) is 23.5. The molecule has 1 amide bonds. The number of carbonyl (C=O) groups is 1. The van der Waals surface area contributed by atoms with Gasteiger partial charge in [-0.25, -0.2) is 9.78 Å². The van der Waals surface area contributed by atoms with Gasteiger partial charge in [0, 0.05) is 32.4 Å². The summed E-state index contributed by atoms with van der Waals surface area (Å²) < 4.78 is 5.60. The van der Waals surface area contributed by atoms with Crippen LogP contribution in [-0.2, 0) is 0 Å². The Morgan fingerprint density at radius 1 is 1.12 bits per heavy atom. The molecule has 0 radical (unpaired) electrons. The predicted molar refractivity (Wildman–Crippen MR) is 129 cm³/mol. The number of hydrogen-bond acceptors (Lipinski definition) is 8. The second kappa shape index (κ2) is 12.4. The Morgan fingerprint density at radius 3 is 2.41 bits per heavy atom. The van der Waals surface area contributed by atoms with Crippen LogP contribution < -0.4 is 20.7 Å². The van der Waals surface area contributed by atoms with Crippen LogP contribution in [-0.4, -0.2) is 49.7 Å². The number of carbonyl (C=O) groups excluding carboxylic acids is 1. The Balaban J connectivity index is 2.19. The molecule has 1 aromatic carbocycles. The van der Waals surface area contributed by atoms with Crippen LogP contribution in [0.15, 0.2) is 58.9 Å². The van der Waals surface area contributed by atoms with Gasteiger partial charge in [-0.3, -0.25) is 0 Å². The van der Waals surface area contributed by atoms with Crippen molar-refractivity contribution in [3.63, 3.8) is 0 Å². The molecule has 2 aromatic rings. The lowest BCUT2D eigenvalue weighted by Crippen LogP contribution is -2.34. The number of nitrogens with two attached hydrogens (primary N) is 1. The summed E-state index contributed by atoms with van der Waals surface area (Å²) >= 11 is 0. The number of nitrogens with one attached hydrogen (secondary N) is 1. The lowest BCUT2D eigenvalue weighted by Gasteiger charge is -2.21. The van der Waals surface area contributed by atoms with Gasteiger partial charge in [-0.1, -0.05) is 32.6 Å². The molecule has 1 heterocycles. The van der Waals surface area contributed by atoms with E-state index in [9.17, 15) is 4.79 Å². The standard InChI is InChI=1S/C23H33N7O2/c1-6-14-30(15-7-2)23(31)32-20-11-9-8-10-18(20)27-28-19-12-13-21(26-22(19)24)29(5)17(3)16-25-4/h8-13,25H,3,6-7,14-16H2,1-2,4-5H3,(H2,24,26). The molecule has 0 aliphatic heterocycles. The van der Waals surface area contributed by atoms with Gasteiger partial charge in [-0.15, -0.1) is 10.2 Å². The van der Waals surface area contributed by atoms with Crippen molar-refractivity contribution >= 4 is 29.1 Å². The summed E-state index contributed by atoms with van der Waals surface area (Å²) in [6.07, 6.45) is 1.32. The summed E-state index contributed by atoms with van der Waals surface area (Å²) in [6.45, 7) is 9.97. The fourth-order valence-corrected chi connectivity index (χ4v) is 2.94. The Hall–Kier alpha value is -3.46. The van der Waals surface area contributed by atoms with E-state index in [1.165, 1.54) is 0 Å². The zero-order valence-corrected chi connectivity index (χ0v) is 19.3. The van der Waals surface area contributed by atoms with Crippen LogP contribution in [0.25, 0.3) is 0 Å². The highest BCUT2D eigenvalue weighted by molar-refractivity contribution is 5.73. The number of rotatable bonds is 11. The first-order valence-corrected chi connectivity index (χ1v) is 10.7. The average molecular weight is 440 g/mol. The number of likely N-dealkylation sites (N-methyl/N-ethyl adjacent to an activating group) is 2. The molecule has 3 N–H and O–H groups in total. The molecule has 2 rings (SSSR count). The quantitative estimate of drug-likeness (QED) is 0.484. The first-order valence-electron chi connectivity index (χ1n) is 10.7. The molecule has 32 heavy (non-hydrogen) atoms. The summed E-state index contributed by atoms with van der Waals surface area (Å²) in [5, 5.41) is 11.5. The second-order valence-electron chi connectivity index (χ2n) is 7.25. The highest BCUT2D eigenvalue weighted by Gasteiger charge is 2.16. The number of nitrogens with zero attached hydrogens (tertiary/aromatic N) is 5. The van der Waals surface area contributed by atoms with Crippen molar-refractivity contribution in [3.8, 4) is 5.75 Å². The molecule has 1 aromatic heterocycles. The van der Waals surface area contributed by atoms with Gasteiger partial charge in [0.05, 0.1) is 0 Å². The van der Waals surface area contributed by atoms with Crippen LogP contribution in [0.2, 0.25) is 0 Å². The maximum absolute atomic E-state index is 12.6. The lowest BCUT2D eigenvalue weighted by atomic mass is 10.3. The fourth-order valence-electron chi connectivity index (χ4n) is 2.94. The fraction of sp³-hybridized carbons (Fsp3) is 0.391. The summed E-state index contributed by atoms with van der Waals surface area (Å²) in [5.74, 6) is 1.23. The summed E-state index contributed by atoms with van der Waals surface area (Å²) in [6, 6.07) is 10.5. The van der Waals surface area contributed by atoms with Crippen molar-refractivity contribution in [3.05, 3.63) is 48.7 Å². The second-order valence-corrected chi connectivity index (χ2v) is 7.25. The maximum Gasteiger partial charge on any atom is 0.415 e. The molecule has 0 saturated heterocycles. The van der Waals surface area contributed by atoms with E-state index < -0.39 is 6.09 Å². The minimum atomic E-state index is -0.397. The van der Waals surface area contributed by atoms with E-state index >= 15 is 0 Å². The van der Waals surface area contributed by atoms with E-state index in [2.05, 4.69) is 27.1 Å². The summed E-state index contributed by atoms with van der Waals surface area (Å²) in [7, 11) is 3.72. The van der Waals surface area contributed by atoms with Crippen LogP contribution in [0.5, 0.6) is 5.75 Å². The zero-order valence-electron chi connectivity index (χ0n) is 19.3. The van der Waals surface area contributed by atoms with Crippen molar-refractivity contribution in [2.24, 2.45) is 10.2 Å². The Bertz CT molecular complexity index is 940. The van der Waals surface area contributed by atoms with E-state index in [-0.39, 0.29) is 5.82 Å². The summed E-state index contributed by atoms with van der Waals surface area (Å²) in [4.78, 5) is 20.5. The average Bonchev–Trinajstić information content (AvgIpc) is 2.78. The molecule has 0 aliphatic carbocycles. The number of amides is 1. The smallest absolute Gasteiger partial charge is 0.408 e. The van der Waals surface area contributed by atoms with Crippen LogP contribution in [0.3, 0.4) is 0 Å². The molecule has 0 aliphatic rings. The van der Waals surface area contributed by atoms with Gasteiger partial charge in [-0.05, 0) is 44.2 Å². The van der Waals surface area contributed by atoms with Crippen LogP contribution in [0.4, 0.5) is 27.8 Å². The molecule has 9 nitrogen and oxygen atoms in total.